The van der Waals surface area contributed by atoms with Crippen LogP contribution in [-0.2, 0) is 11.2 Å². The van der Waals surface area contributed by atoms with E-state index in [-0.39, 0.29) is 11.9 Å². The van der Waals surface area contributed by atoms with Gasteiger partial charge in [-0.15, -0.1) is 0 Å². The molecule has 5 rings (SSSR count). The normalized spacial score (nSPS) is 17.5. The van der Waals surface area contributed by atoms with E-state index in [4.69, 9.17) is 16.7 Å². The highest BCUT2D eigenvalue weighted by molar-refractivity contribution is 9.10. The van der Waals surface area contributed by atoms with Gasteiger partial charge in [0.15, 0.2) is 0 Å². The molecule has 1 amide bonds. The van der Waals surface area contributed by atoms with Gasteiger partial charge in [0.25, 0.3) is 5.91 Å². The van der Waals surface area contributed by atoms with Gasteiger partial charge in [-0.25, -0.2) is 0 Å². The van der Waals surface area contributed by atoms with Crippen molar-refractivity contribution >= 4 is 50.5 Å². The molecule has 2 aliphatic rings. The van der Waals surface area contributed by atoms with E-state index >= 15 is 0 Å². The smallest absolute Gasteiger partial charge is 0.285 e. The number of hydrazone groups is 1. The van der Waals surface area contributed by atoms with Crippen molar-refractivity contribution in [3.05, 3.63) is 93.4 Å². The van der Waals surface area contributed by atoms with E-state index in [0.717, 1.165) is 34.4 Å². The number of hydrazine groups is 1. The van der Waals surface area contributed by atoms with Gasteiger partial charge in [0, 0.05) is 17.4 Å². The first-order chi connectivity index (χ1) is 15.1. The minimum absolute atomic E-state index is 0.111. The Labute approximate surface area is 194 Å². The summed E-state index contributed by atoms with van der Waals surface area (Å²) in [4.78, 5) is 13.2. The quantitative estimate of drug-likeness (QED) is 0.520. The lowest BCUT2D eigenvalue weighted by Gasteiger charge is -2.24. The molecule has 0 aliphatic carbocycles. The van der Waals surface area contributed by atoms with E-state index in [9.17, 15) is 4.79 Å². The highest BCUT2D eigenvalue weighted by Crippen LogP contribution is 2.39. The number of hydrogen-bond donors (Lipinski definition) is 1. The van der Waals surface area contributed by atoms with Crippen LogP contribution in [0, 0.1) is 0 Å². The SMILES string of the molecule is O=C(NN1CCc2ccccc21)C1=NN(c2ccccc2Cl)C(c2ccc(Br)cc2)C1. The number of fused-ring (bicyclic) bond motifs is 1. The zero-order valence-electron chi connectivity index (χ0n) is 16.6. The Balaban J connectivity index is 1.43. The maximum absolute atomic E-state index is 13.2. The highest BCUT2D eigenvalue weighted by Gasteiger charge is 2.34. The number of hydrogen-bond acceptors (Lipinski definition) is 4. The van der Waals surface area contributed by atoms with E-state index in [2.05, 4.69) is 27.4 Å². The predicted octanol–water partition coefficient (Wildman–Crippen LogP) is 5.50. The van der Waals surface area contributed by atoms with Crippen molar-refractivity contribution in [2.24, 2.45) is 5.10 Å². The van der Waals surface area contributed by atoms with E-state index in [1.165, 1.54) is 5.56 Å². The molecule has 0 radical (unpaired) electrons. The minimum Gasteiger partial charge on any atom is -0.285 e. The van der Waals surface area contributed by atoms with Crippen LogP contribution < -0.4 is 15.4 Å². The van der Waals surface area contributed by atoms with Crippen molar-refractivity contribution in [2.75, 3.05) is 16.6 Å². The van der Waals surface area contributed by atoms with Crippen molar-refractivity contribution in [3.63, 3.8) is 0 Å². The molecule has 0 aromatic heterocycles. The maximum Gasteiger partial charge on any atom is 0.286 e. The first kappa shape index (κ1) is 20.1. The number of nitrogens with one attached hydrogen (secondary N) is 1. The Kier molecular flexibility index (Phi) is 5.42. The van der Waals surface area contributed by atoms with E-state index in [0.29, 0.717) is 17.2 Å². The number of rotatable bonds is 4. The Morgan fingerprint density at radius 2 is 1.71 bits per heavy atom. The molecule has 2 aliphatic heterocycles. The fourth-order valence-corrected chi connectivity index (χ4v) is 4.58. The fourth-order valence-electron chi connectivity index (χ4n) is 4.09. The van der Waals surface area contributed by atoms with Gasteiger partial charge >= 0.3 is 0 Å². The summed E-state index contributed by atoms with van der Waals surface area (Å²) in [6.07, 6.45) is 1.41. The summed E-state index contributed by atoms with van der Waals surface area (Å²) in [5, 5.41) is 9.08. The Bertz CT molecular complexity index is 1160. The molecule has 0 saturated heterocycles. The van der Waals surface area contributed by atoms with Crippen LogP contribution >= 0.6 is 27.5 Å². The van der Waals surface area contributed by atoms with Crippen LogP contribution in [0.1, 0.15) is 23.6 Å². The average molecular weight is 496 g/mol. The van der Waals surface area contributed by atoms with Crippen molar-refractivity contribution < 1.29 is 4.79 Å². The molecule has 156 valence electrons. The molecule has 0 fully saturated rings. The first-order valence-corrected chi connectivity index (χ1v) is 11.3. The largest absolute Gasteiger partial charge is 0.286 e. The third-order valence-corrected chi connectivity index (χ3v) is 6.50. The van der Waals surface area contributed by atoms with Crippen LogP contribution in [0.5, 0.6) is 0 Å². The second kappa shape index (κ2) is 8.36. The lowest BCUT2D eigenvalue weighted by atomic mass is 10.0. The number of para-hydroxylation sites is 2. The number of carbonyl (C=O) groups excluding carboxylic acids is 1. The molecule has 2 heterocycles. The topological polar surface area (TPSA) is 47.9 Å². The van der Waals surface area contributed by atoms with Gasteiger partial charge in [-0.2, -0.15) is 5.10 Å². The van der Waals surface area contributed by atoms with Gasteiger partial charge in [0.2, 0.25) is 0 Å². The van der Waals surface area contributed by atoms with Gasteiger partial charge in [0.05, 0.1) is 22.4 Å². The Hall–Kier alpha value is -2.83. The summed E-state index contributed by atoms with van der Waals surface area (Å²) in [6.45, 7) is 0.753. The monoisotopic (exact) mass is 494 g/mol. The summed E-state index contributed by atoms with van der Waals surface area (Å²) >= 11 is 9.97. The lowest BCUT2D eigenvalue weighted by molar-refractivity contribution is -0.115. The molecule has 0 spiro atoms. The van der Waals surface area contributed by atoms with Crippen LogP contribution in [0.25, 0.3) is 0 Å². The van der Waals surface area contributed by atoms with E-state index < -0.39 is 0 Å². The highest BCUT2D eigenvalue weighted by atomic mass is 79.9. The first-order valence-electron chi connectivity index (χ1n) is 10.1. The molecule has 1 unspecified atom stereocenters. The molecule has 1 atom stereocenters. The van der Waals surface area contributed by atoms with Crippen LogP contribution in [0.15, 0.2) is 82.4 Å². The van der Waals surface area contributed by atoms with Gasteiger partial charge in [-0.1, -0.05) is 70.0 Å². The van der Waals surface area contributed by atoms with E-state index in [1.807, 2.05) is 76.7 Å². The summed E-state index contributed by atoms with van der Waals surface area (Å²) < 4.78 is 1.00. The van der Waals surface area contributed by atoms with Gasteiger partial charge in [-0.3, -0.25) is 20.2 Å². The van der Waals surface area contributed by atoms with E-state index in [1.54, 1.807) is 0 Å². The molecule has 1 N–H and O–H groups in total. The van der Waals surface area contributed by atoms with Crippen LogP contribution in [0.3, 0.4) is 0 Å². The third kappa shape index (κ3) is 3.93. The second-order valence-electron chi connectivity index (χ2n) is 7.59. The minimum atomic E-state index is -0.187. The van der Waals surface area contributed by atoms with Crippen LogP contribution in [-0.4, -0.2) is 18.2 Å². The summed E-state index contributed by atoms with van der Waals surface area (Å²) in [6, 6.07) is 23.7. The van der Waals surface area contributed by atoms with Gasteiger partial charge in [-0.05, 0) is 47.9 Å². The van der Waals surface area contributed by atoms with Crippen molar-refractivity contribution in [3.8, 4) is 0 Å². The molecule has 0 bridgehead atoms. The summed E-state index contributed by atoms with van der Waals surface area (Å²) in [7, 11) is 0. The number of nitrogens with zero attached hydrogens (tertiary/aromatic N) is 3. The van der Waals surface area contributed by atoms with Crippen molar-refractivity contribution in [1.82, 2.24) is 5.43 Å². The molecular weight excluding hydrogens is 476 g/mol. The van der Waals surface area contributed by atoms with Crippen LogP contribution in [0.4, 0.5) is 11.4 Å². The van der Waals surface area contributed by atoms with Crippen molar-refractivity contribution in [1.29, 1.82) is 0 Å². The average Bonchev–Trinajstić information content (AvgIpc) is 3.40. The lowest BCUT2D eigenvalue weighted by Crippen LogP contribution is -2.44. The van der Waals surface area contributed by atoms with Gasteiger partial charge < -0.3 is 0 Å². The fraction of sp³-hybridized carbons (Fsp3) is 0.167. The Morgan fingerprint density at radius 3 is 2.48 bits per heavy atom. The molecule has 31 heavy (non-hydrogen) atoms. The van der Waals surface area contributed by atoms with Gasteiger partial charge in [0.1, 0.15) is 5.71 Å². The molecule has 7 heteroatoms. The zero-order valence-corrected chi connectivity index (χ0v) is 19.0. The van der Waals surface area contributed by atoms with Crippen molar-refractivity contribution in [2.45, 2.75) is 18.9 Å². The third-order valence-electron chi connectivity index (χ3n) is 5.65. The maximum atomic E-state index is 13.2. The molecule has 5 nitrogen and oxygen atoms in total. The summed E-state index contributed by atoms with van der Waals surface area (Å²) in [5.74, 6) is -0.187. The molecule has 3 aromatic carbocycles. The number of anilines is 2. The van der Waals surface area contributed by atoms with Crippen LogP contribution in [0.2, 0.25) is 5.02 Å². The number of halogens is 2. The summed E-state index contributed by atoms with van der Waals surface area (Å²) in [5.41, 5.74) is 7.66. The molecule has 3 aromatic rings. The zero-order chi connectivity index (χ0) is 21.4. The number of carbonyl (C=O) groups is 1. The second-order valence-corrected chi connectivity index (χ2v) is 8.91. The standard InChI is InChI=1S/C24H20BrClN4O/c25-18-11-9-17(10-12-18)23-15-20(27-30(23)22-8-4-2-6-19(22)26)24(31)28-29-14-13-16-5-1-3-7-21(16)29/h1-12,23H,13-15H2,(H,28,31). The Morgan fingerprint density at radius 1 is 1.00 bits per heavy atom. The molecular formula is C24H20BrClN4O. The number of amides is 1. The molecule has 0 saturated carbocycles. The number of benzene rings is 3. The predicted molar refractivity (Wildman–Crippen MR) is 129 cm³/mol.